The van der Waals surface area contributed by atoms with E-state index in [9.17, 15) is 9.59 Å². The number of benzene rings is 1. The number of anilines is 2. The van der Waals surface area contributed by atoms with Crippen molar-refractivity contribution in [2.45, 2.75) is 19.8 Å². The molecule has 0 unspecified atom stereocenters. The summed E-state index contributed by atoms with van der Waals surface area (Å²) in [7, 11) is 0. The molecular weight excluding hydrogens is 430 g/mol. The number of ether oxygens (including phenoxy) is 1. The van der Waals surface area contributed by atoms with Gasteiger partial charge in [-0.3, -0.25) is 4.79 Å². The molecule has 0 radical (unpaired) electrons. The number of hydrogen-bond donors (Lipinski definition) is 2. The number of aromatic nitrogens is 2. The molecular formula is C26H29N5O3. The molecule has 0 aliphatic carbocycles. The maximum absolute atomic E-state index is 12.6. The maximum Gasteiger partial charge on any atom is 0.321 e. The number of rotatable bonds is 4. The Balaban J connectivity index is 1.54. The third-order valence-corrected chi connectivity index (χ3v) is 6.41. The van der Waals surface area contributed by atoms with E-state index < -0.39 is 0 Å². The van der Waals surface area contributed by atoms with Crippen LogP contribution in [-0.4, -0.2) is 60.3 Å². The SMILES string of the molecule is Cc1ccc(NC(=O)N2CCCC2)cc1-c1cc(-c2cc[nH]c(=O)c2)nc(N2CCOCC2)c1. The van der Waals surface area contributed by atoms with Crippen molar-refractivity contribution in [1.82, 2.24) is 14.9 Å². The van der Waals surface area contributed by atoms with Gasteiger partial charge in [0, 0.05) is 49.7 Å². The number of H-pyrrole nitrogens is 1. The van der Waals surface area contributed by atoms with E-state index >= 15 is 0 Å². The standard InChI is InChI=1S/C26H29N5O3/c1-18-4-5-21(28-26(33)31-8-2-3-9-31)17-22(18)20-14-23(19-6-7-27-25(32)16-19)29-24(15-20)30-10-12-34-13-11-30/h4-7,14-17H,2-3,8-13H2,1H3,(H,27,32)(H,28,33). The fourth-order valence-electron chi connectivity index (χ4n) is 4.51. The van der Waals surface area contributed by atoms with E-state index in [1.54, 1.807) is 12.3 Å². The first-order valence-corrected chi connectivity index (χ1v) is 11.8. The van der Waals surface area contributed by atoms with Crippen LogP contribution in [0.25, 0.3) is 22.4 Å². The molecule has 0 spiro atoms. The van der Waals surface area contributed by atoms with Gasteiger partial charge in [-0.2, -0.15) is 0 Å². The number of morpholine rings is 1. The molecule has 5 rings (SSSR count). The molecule has 176 valence electrons. The first-order valence-electron chi connectivity index (χ1n) is 11.8. The molecule has 34 heavy (non-hydrogen) atoms. The minimum absolute atomic E-state index is 0.0553. The van der Waals surface area contributed by atoms with Gasteiger partial charge in [-0.15, -0.1) is 0 Å². The zero-order chi connectivity index (χ0) is 23.5. The molecule has 2 aliphatic heterocycles. The van der Waals surface area contributed by atoms with Gasteiger partial charge in [-0.25, -0.2) is 9.78 Å². The molecule has 2 N–H and O–H groups in total. The van der Waals surface area contributed by atoms with Crippen molar-refractivity contribution < 1.29 is 9.53 Å². The van der Waals surface area contributed by atoms with Crippen molar-refractivity contribution in [3.63, 3.8) is 0 Å². The third-order valence-electron chi connectivity index (χ3n) is 6.41. The van der Waals surface area contributed by atoms with Crippen LogP contribution in [0.15, 0.2) is 53.5 Å². The number of hydrogen-bond acceptors (Lipinski definition) is 5. The zero-order valence-corrected chi connectivity index (χ0v) is 19.3. The van der Waals surface area contributed by atoms with Gasteiger partial charge in [0.05, 0.1) is 18.9 Å². The molecule has 2 aliphatic rings. The molecule has 2 aromatic heterocycles. The van der Waals surface area contributed by atoms with Gasteiger partial charge in [-0.1, -0.05) is 6.07 Å². The zero-order valence-electron chi connectivity index (χ0n) is 19.3. The van der Waals surface area contributed by atoms with Crippen LogP contribution in [0.1, 0.15) is 18.4 Å². The van der Waals surface area contributed by atoms with Crippen LogP contribution in [0, 0.1) is 6.92 Å². The Hall–Kier alpha value is -3.65. The highest BCUT2D eigenvalue weighted by Gasteiger charge is 2.19. The summed E-state index contributed by atoms with van der Waals surface area (Å²) in [5.41, 5.74) is 5.19. The Morgan fingerprint density at radius 2 is 1.79 bits per heavy atom. The fourth-order valence-corrected chi connectivity index (χ4v) is 4.51. The van der Waals surface area contributed by atoms with E-state index in [1.165, 1.54) is 0 Å². The van der Waals surface area contributed by atoms with Gasteiger partial charge in [0.2, 0.25) is 5.56 Å². The molecule has 2 amide bonds. The number of aromatic amines is 1. The predicted octanol–water partition coefficient (Wildman–Crippen LogP) is 3.88. The summed E-state index contributed by atoms with van der Waals surface area (Å²) in [6, 6.07) is 13.4. The number of amides is 2. The van der Waals surface area contributed by atoms with Crippen LogP contribution in [0.3, 0.4) is 0 Å². The highest BCUT2D eigenvalue weighted by atomic mass is 16.5. The van der Waals surface area contributed by atoms with Crippen LogP contribution in [-0.2, 0) is 4.74 Å². The van der Waals surface area contributed by atoms with Crippen molar-refractivity contribution in [3.05, 3.63) is 64.6 Å². The number of aryl methyl sites for hydroxylation is 1. The molecule has 8 nitrogen and oxygen atoms in total. The highest BCUT2D eigenvalue weighted by Crippen LogP contribution is 2.32. The second kappa shape index (κ2) is 9.69. The summed E-state index contributed by atoms with van der Waals surface area (Å²) in [6.45, 7) is 6.50. The average molecular weight is 460 g/mol. The lowest BCUT2D eigenvalue weighted by molar-refractivity contribution is 0.122. The van der Waals surface area contributed by atoms with Crippen molar-refractivity contribution in [3.8, 4) is 22.4 Å². The summed E-state index contributed by atoms with van der Waals surface area (Å²) in [4.78, 5) is 36.2. The number of nitrogens with zero attached hydrogens (tertiary/aromatic N) is 3. The van der Waals surface area contributed by atoms with Crippen molar-refractivity contribution in [1.29, 1.82) is 0 Å². The number of urea groups is 1. The Morgan fingerprint density at radius 1 is 1.00 bits per heavy atom. The first-order chi connectivity index (χ1) is 16.6. The predicted molar refractivity (Wildman–Crippen MR) is 133 cm³/mol. The van der Waals surface area contributed by atoms with Crippen LogP contribution < -0.4 is 15.8 Å². The lowest BCUT2D eigenvalue weighted by Crippen LogP contribution is -2.36. The molecule has 0 saturated carbocycles. The van der Waals surface area contributed by atoms with Gasteiger partial charge in [0.15, 0.2) is 0 Å². The lowest BCUT2D eigenvalue weighted by atomic mass is 9.98. The second-order valence-corrected chi connectivity index (χ2v) is 8.79. The van der Waals surface area contributed by atoms with E-state index in [0.717, 1.165) is 78.5 Å². The molecule has 0 atom stereocenters. The summed E-state index contributed by atoms with van der Waals surface area (Å²) >= 11 is 0. The third kappa shape index (κ3) is 4.82. The largest absolute Gasteiger partial charge is 0.378 e. The Bertz CT molecular complexity index is 1240. The van der Waals surface area contributed by atoms with Crippen molar-refractivity contribution in [2.75, 3.05) is 49.6 Å². The van der Waals surface area contributed by atoms with E-state index in [4.69, 9.17) is 9.72 Å². The minimum atomic E-state index is -0.166. The van der Waals surface area contributed by atoms with Crippen molar-refractivity contribution >= 4 is 17.5 Å². The van der Waals surface area contributed by atoms with Gasteiger partial charge in [0.25, 0.3) is 0 Å². The summed E-state index contributed by atoms with van der Waals surface area (Å²) in [5.74, 6) is 0.849. The topological polar surface area (TPSA) is 90.6 Å². The molecule has 2 fully saturated rings. The monoisotopic (exact) mass is 459 g/mol. The molecule has 1 aromatic carbocycles. The van der Waals surface area contributed by atoms with Crippen LogP contribution >= 0.6 is 0 Å². The normalized spacial score (nSPS) is 16.0. The summed E-state index contributed by atoms with van der Waals surface area (Å²) in [5, 5.41) is 3.05. The Labute approximate surface area is 198 Å². The Morgan fingerprint density at radius 3 is 2.56 bits per heavy atom. The van der Waals surface area contributed by atoms with Gasteiger partial charge in [0.1, 0.15) is 5.82 Å². The minimum Gasteiger partial charge on any atom is -0.378 e. The van der Waals surface area contributed by atoms with Gasteiger partial charge < -0.3 is 24.8 Å². The van der Waals surface area contributed by atoms with Crippen molar-refractivity contribution in [2.24, 2.45) is 0 Å². The van der Waals surface area contributed by atoms with Gasteiger partial charge >= 0.3 is 6.03 Å². The van der Waals surface area contributed by atoms with E-state index in [2.05, 4.69) is 28.2 Å². The number of likely N-dealkylation sites (tertiary alicyclic amines) is 1. The van der Waals surface area contributed by atoms with E-state index in [0.29, 0.717) is 13.2 Å². The quantitative estimate of drug-likeness (QED) is 0.618. The average Bonchev–Trinajstić information content (AvgIpc) is 3.41. The molecule has 2 saturated heterocycles. The molecule has 8 heteroatoms. The van der Waals surface area contributed by atoms with E-state index in [-0.39, 0.29) is 11.6 Å². The number of carbonyl (C=O) groups is 1. The number of pyridine rings is 2. The maximum atomic E-state index is 12.6. The number of nitrogens with one attached hydrogen (secondary N) is 2. The van der Waals surface area contributed by atoms with Gasteiger partial charge in [-0.05, 0) is 66.8 Å². The van der Waals surface area contributed by atoms with Crippen LogP contribution in [0.5, 0.6) is 0 Å². The van der Waals surface area contributed by atoms with Crippen LogP contribution in [0.2, 0.25) is 0 Å². The summed E-state index contributed by atoms with van der Waals surface area (Å²) in [6.07, 6.45) is 3.75. The number of carbonyl (C=O) groups excluding carboxylic acids is 1. The fraction of sp³-hybridized carbons (Fsp3) is 0.346. The lowest BCUT2D eigenvalue weighted by Gasteiger charge is -2.28. The second-order valence-electron chi connectivity index (χ2n) is 8.79. The molecule has 4 heterocycles. The van der Waals surface area contributed by atoms with E-state index in [1.807, 2.05) is 35.2 Å². The highest BCUT2D eigenvalue weighted by molar-refractivity contribution is 5.91. The van der Waals surface area contributed by atoms with Crippen LogP contribution in [0.4, 0.5) is 16.3 Å². The smallest absolute Gasteiger partial charge is 0.321 e. The first kappa shape index (κ1) is 22.2. The molecule has 3 aromatic rings. The molecule has 0 bridgehead atoms. The summed E-state index contributed by atoms with van der Waals surface area (Å²) < 4.78 is 5.52. The Kier molecular flexibility index (Phi) is 6.31.